The number of fused-ring (bicyclic) bond motifs is 1. The normalized spacial score (nSPS) is 21.6. The van der Waals surface area contributed by atoms with Crippen molar-refractivity contribution in [1.29, 1.82) is 0 Å². The Morgan fingerprint density at radius 3 is 1.82 bits per heavy atom. The molecule has 34 heavy (non-hydrogen) atoms. The van der Waals surface area contributed by atoms with Crippen LogP contribution in [0.5, 0.6) is 17.2 Å². The molecular formula is C26H24N2O6. The summed E-state index contributed by atoms with van der Waals surface area (Å²) < 4.78 is 16.5. The second kappa shape index (κ2) is 8.72. The topological polar surface area (TPSA) is 77.5 Å². The Morgan fingerprint density at radius 2 is 1.29 bits per heavy atom. The zero-order valence-corrected chi connectivity index (χ0v) is 19.0. The van der Waals surface area contributed by atoms with Crippen LogP contribution in [0, 0.1) is 5.92 Å². The number of nitrogens with zero attached hydrogens (tertiary/aromatic N) is 2. The van der Waals surface area contributed by atoms with Gasteiger partial charge in [0, 0.05) is 0 Å². The molecule has 2 aliphatic heterocycles. The number of carbonyl (C=O) groups is 2. The van der Waals surface area contributed by atoms with Crippen molar-refractivity contribution in [2.75, 3.05) is 31.3 Å². The SMILES string of the molecule is COc1cc([C@H]2[C@H]3C(=O)N(c4ccccc4)C(=O)[C@@H]3ON2c2ccccc2)cc(OC)c1OC. The quantitative estimate of drug-likeness (QED) is 0.519. The second-order valence-corrected chi connectivity index (χ2v) is 7.96. The first-order valence-corrected chi connectivity index (χ1v) is 10.8. The molecule has 0 bridgehead atoms. The zero-order chi connectivity index (χ0) is 23.8. The molecule has 0 aliphatic carbocycles. The van der Waals surface area contributed by atoms with Crippen molar-refractivity contribution in [3.05, 3.63) is 78.4 Å². The minimum Gasteiger partial charge on any atom is -0.493 e. The summed E-state index contributed by atoms with van der Waals surface area (Å²) in [6.45, 7) is 0. The standard InChI is InChI=1S/C26H24N2O6/c1-31-19-14-16(15-20(32-2)23(19)33-3)22-21-24(34-28(22)18-12-8-5-9-13-18)26(30)27(25(21)29)17-10-6-4-7-11-17/h4-15,21-22,24H,1-3H3/t21-,22+,24-/m1/s1. The van der Waals surface area contributed by atoms with Gasteiger partial charge in [-0.05, 0) is 42.0 Å². The summed E-state index contributed by atoms with van der Waals surface area (Å²) in [7, 11) is 4.60. The third kappa shape index (κ3) is 3.34. The van der Waals surface area contributed by atoms with Gasteiger partial charge in [0.25, 0.3) is 5.91 Å². The lowest BCUT2D eigenvalue weighted by molar-refractivity contribution is -0.126. The molecule has 5 rings (SSSR count). The number of anilines is 2. The first-order valence-electron chi connectivity index (χ1n) is 10.8. The van der Waals surface area contributed by atoms with Crippen LogP contribution in [0.25, 0.3) is 0 Å². The van der Waals surface area contributed by atoms with Crippen LogP contribution in [0.3, 0.4) is 0 Å². The molecule has 2 heterocycles. The number of hydrogen-bond donors (Lipinski definition) is 0. The van der Waals surface area contributed by atoms with E-state index >= 15 is 0 Å². The average molecular weight is 460 g/mol. The average Bonchev–Trinajstić information content (AvgIpc) is 3.39. The summed E-state index contributed by atoms with van der Waals surface area (Å²) in [5.74, 6) is -0.142. The van der Waals surface area contributed by atoms with E-state index in [0.29, 0.717) is 28.5 Å². The number of hydrogen-bond acceptors (Lipinski definition) is 7. The van der Waals surface area contributed by atoms with E-state index < -0.39 is 24.0 Å². The van der Waals surface area contributed by atoms with E-state index in [-0.39, 0.29) is 5.91 Å². The molecule has 2 amide bonds. The van der Waals surface area contributed by atoms with Crippen LogP contribution in [0.4, 0.5) is 11.4 Å². The van der Waals surface area contributed by atoms with Crippen molar-refractivity contribution >= 4 is 23.2 Å². The third-order valence-electron chi connectivity index (χ3n) is 6.17. The Bertz CT molecular complexity index is 1190. The van der Waals surface area contributed by atoms with E-state index in [1.807, 2.05) is 36.4 Å². The van der Waals surface area contributed by atoms with Gasteiger partial charge in [0.1, 0.15) is 5.92 Å². The first-order chi connectivity index (χ1) is 16.6. The highest BCUT2D eigenvalue weighted by atomic mass is 16.7. The summed E-state index contributed by atoms with van der Waals surface area (Å²) >= 11 is 0. The number of carbonyl (C=O) groups excluding carboxylic acids is 2. The van der Waals surface area contributed by atoms with Crippen LogP contribution >= 0.6 is 0 Å². The van der Waals surface area contributed by atoms with E-state index in [1.165, 1.54) is 26.2 Å². The highest BCUT2D eigenvalue weighted by Gasteiger charge is 2.60. The molecule has 3 atom stereocenters. The predicted molar refractivity (Wildman–Crippen MR) is 125 cm³/mol. The second-order valence-electron chi connectivity index (χ2n) is 7.96. The maximum Gasteiger partial charge on any atom is 0.266 e. The van der Waals surface area contributed by atoms with Gasteiger partial charge in [-0.3, -0.25) is 14.4 Å². The van der Waals surface area contributed by atoms with Crippen molar-refractivity contribution in [1.82, 2.24) is 0 Å². The summed E-state index contributed by atoms with van der Waals surface area (Å²) in [5, 5.41) is 1.63. The third-order valence-corrected chi connectivity index (χ3v) is 6.17. The lowest BCUT2D eigenvalue weighted by Crippen LogP contribution is -2.37. The van der Waals surface area contributed by atoms with Gasteiger partial charge in [-0.1, -0.05) is 36.4 Å². The number of imide groups is 1. The largest absolute Gasteiger partial charge is 0.493 e. The molecule has 0 N–H and O–H groups in total. The van der Waals surface area contributed by atoms with E-state index in [0.717, 1.165) is 5.69 Å². The number of amides is 2. The van der Waals surface area contributed by atoms with Crippen LogP contribution in [0.2, 0.25) is 0 Å². The Labute approximate surface area is 197 Å². The number of rotatable bonds is 6. The minimum atomic E-state index is -0.961. The molecular weight excluding hydrogens is 436 g/mol. The molecule has 8 heteroatoms. The van der Waals surface area contributed by atoms with Crippen LogP contribution in [0.15, 0.2) is 72.8 Å². The van der Waals surface area contributed by atoms with Gasteiger partial charge in [-0.15, -0.1) is 0 Å². The molecule has 3 aromatic rings. The fraction of sp³-hybridized carbons (Fsp3) is 0.231. The fourth-order valence-corrected chi connectivity index (χ4v) is 4.66. The Kier molecular flexibility index (Phi) is 5.59. The van der Waals surface area contributed by atoms with Gasteiger partial charge < -0.3 is 14.2 Å². The minimum absolute atomic E-state index is 0.321. The van der Waals surface area contributed by atoms with Crippen molar-refractivity contribution in [3.8, 4) is 17.2 Å². The maximum atomic E-state index is 13.7. The molecule has 0 aromatic heterocycles. The van der Waals surface area contributed by atoms with Crippen LogP contribution in [0.1, 0.15) is 11.6 Å². The highest BCUT2D eigenvalue weighted by molar-refractivity contribution is 6.23. The zero-order valence-electron chi connectivity index (χ0n) is 19.0. The molecule has 174 valence electrons. The summed E-state index contributed by atoms with van der Waals surface area (Å²) in [6.07, 6.45) is -0.961. The smallest absolute Gasteiger partial charge is 0.266 e. The highest BCUT2D eigenvalue weighted by Crippen LogP contribution is 2.50. The number of ether oxygens (including phenoxy) is 3. The fourth-order valence-electron chi connectivity index (χ4n) is 4.66. The van der Waals surface area contributed by atoms with E-state index in [2.05, 4.69) is 0 Å². The molecule has 2 aliphatic rings. The van der Waals surface area contributed by atoms with Gasteiger partial charge in [0.2, 0.25) is 11.7 Å². The number of methoxy groups -OCH3 is 3. The van der Waals surface area contributed by atoms with Gasteiger partial charge in [-0.25, -0.2) is 9.96 Å². The van der Waals surface area contributed by atoms with E-state index in [1.54, 1.807) is 41.5 Å². The van der Waals surface area contributed by atoms with Crippen molar-refractivity contribution in [2.45, 2.75) is 12.1 Å². The molecule has 2 saturated heterocycles. The summed E-state index contributed by atoms with van der Waals surface area (Å²) in [4.78, 5) is 34.5. The van der Waals surface area contributed by atoms with Crippen LogP contribution < -0.4 is 24.2 Å². The molecule has 0 saturated carbocycles. The number of hydroxylamine groups is 1. The molecule has 0 radical (unpaired) electrons. The van der Waals surface area contributed by atoms with Crippen molar-refractivity contribution < 1.29 is 28.6 Å². The molecule has 8 nitrogen and oxygen atoms in total. The molecule has 3 aromatic carbocycles. The molecule has 0 spiro atoms. The van der Waals surface area contributed by atoms with Gasteiger partial charge in [0.05, 0.1) is 38.7 Å². The van der Waals surface area contributed by atoms with Gasteiger partial charge >= 0.3 is 0 Å². The molecule has 0 unspecified atom stereocenters. The van der Waals surface area contributed by atoms with Crippen LogP contribution in [-0.4, -0.2) is 39.2 Å². The lowest BCUT2D eigenvalue weighted by Gasteiger charge is -2.29. The monoisotopic (exact) mass is 460 g/mol. The molecule has 2 fully saturated rings. The Balaban J connectivity index is 1.65. The van der Waals surface area contributed by atoms with Crippen molar-refractivity contribution in [2.24, 2.45) is 5.92 Å². The van der Waals surface area contributed by atoms with E-state index in [4.69, 9.17) is 19.0 Å². The predicted octanol–water partition coefficient (Wildman–Crippen LogP) is 3.76. The lowest BCUT2D eigenvalue weighted by atomic mass is 9.90. The van der Waals surface area contributed by atoms with Crippen LogP contribution in [-0.2, 0) is 14.4 Å². The van der Waals surface area contributed by atoms with E-state index in [9.17, 15) is 9.59 Å². The number of para-hydroxylation sites is 2. The van der Waals surface area contributed by atoms with Gasteiger partial charge in [0.15, 0.2) is 17.6 Å². The maximum absolute atomic E-state index is 13.7. The summed E-state index contributed by atoms with van der Waals surface area (Å²) in [6, 6.07) is 21.2. The Hall–Kier alpha value is -4.04. The summed E-state index contributed by atoms with van der Waals surface area (Å²) in [5.41, 5.74) is 1.94. The van der Waals surface area contributed by atoms with Crippen molar-refractivity contribution in [3.63, 3.8) is 0 Å². The number of benzene rings is 3. The first kappa shape index (κ1) is 21.8. The Morgan fingerprint density at radius 1 is 0.735 bits per heavy atom. The van der Waals surface area contributed by atoms with Gasteiger partial charge in [-0.2, -0.15) is 0 Å².